The van der Waals surface area contributed by atoms with Crippen molar-refractivity contribution in [2.45, 2.75) is 12.3 Å². The van der Waals surface area contributed by atoms with E-state index in [4.69, 9.17) is 4.74 Å². The van der Waals surface area contributed by atoms with E-state index in [1.807, 2.05) is 6.92 Å². The second kappa shape index (κ2) is 3.88. The summed E-state index contributed by atoms with van der Waals surface area (Å²) < 4.78 is 5.11. The summed E-state index contributed by atoms with van der Waals surface area (Å²) in [5.41, 5.74) is 0. The molecule has 1 aromatic heterocycles. The molecule has 1 heterocycles. The zero-order valence-corrected chi connectivity index (χ0v) is 7.91. The molecule has 0 bridgehead atoms. The lowest BCUT2D eigenvalue weighted by molar-refractivity contribution is 0.335. The van der Waals surface area contributed by atoms with Crippen LogP contribution in [-0.4, -0.2) is 16.8 Å². The summed E-state index contributed by atoms with van der Waals surface area (Å²) >= 11 is 4.74. The molecule has 0 aliphatic heterocycles. The maximum Gasteiger partial charge on any atom is 0.294 e. The lowest BCUT2D eigenvalue weighted by Crippen LogP contribution is -1.89. The molecule has 0 spiro atoms. The average molecular weight is 223 g/mol. The number of aromatic nitrogens is 2. The third-order valence-corrected chi connectivity index (χ3v) is 2.57. The van der Waals surface area contributed by atoms with Crippen molar-refractivity contribution in [2.24, 2.45) is 0 Å². The molecule has 0 unspecified atom stereocenters. The second-order valence-corrected chi connectivity index (χ2v) is 3.11. The van der Waals surface area contributed by atoms with Crippen molar-refractivity contribution in [1.82, 2.24) is 10.2 Å². The zero-order valence-electron chi connectivity index (χ0n) is 5.50. The normalized spacial score (nSPS) is 9.80. The van der Waals surface area contributed by atoms with Gasteiger partial charge in [0.2, 0.25) is 0 Å². The highest BCUT2D eigenvalue weighted by molar-refractivity contribution is 9.08. The molecular formula is C5H7BrN2OS. The fourth-order valence-electron chi connectivity index (χ4n) is 0.474. The van der Waals surface area contributed by atoms with Crippen molar-refractivity contribution < 1.29 is 4.74 Å². The van der Waals surface area contributed by atoms with Crippen LogP contribution in [-0.2, 0) is 5.33 Å². The molecule has 0 aromatic carbocycles. The van der Waals surface area contributed by atoms with Gasteiger partial charge in [-0.2, -0.15) is 0 Å². The quantitative estimate of drug-likeness (QED) is 0.733. The third kappa shape index (κ3) is 1.91. The van der Waals surface area contributed by atoms with Gasteiger partial charge in [0.1, 0.15) is 5.01 Å². The van der Waals surface area contributed by atoms with Crippen LogP contribution in [0, 0.1) is 0 Å². The highest BCUT2D eigenvalue weighted by Crippen LogP contribution is 2.19. The average Bonchev–Trinajstić information content (AvgIpc) is 2.37. The van der Waals surface area contributed by atoms with E-state index in [1.54, 1.807) is 0 Å². The fraction of sp³-hybridized carbons (Fsp3) is 0.600. The molecular weight excluding hydrogens is 216 g/mol. The number of rotatable bonds is 3. The summed E-state index contributed by atoms with van der Waals surface area (Å²) in [6.45, 7) is 2.58. The summed E-state index contributed by atoms with van der Waals surface area (Å²) in [4.78, 5) is 0. The van der Waals surface area contributed by atoms with Gasteiger partial charge in [-0.3, -0.25) is 0 Å². The third-order valence-electron chi connectivity index (χ3n) is 0.830. The molecule has 1 aromatic rings. The van der Waals surface area contributed by atoms with Crippen molar-refractivity contribution in [3.05, 3.63) is 5.01 Å². The molecule has 56 valence electrons. The molecule has 1 rings (SSSR count). The summed E-state index contributed by atoms with van der Waals surface area (Å²) in [6.07, 6.45) is 0. The molecule has 0 fully saturated rings. The van der Waals surface area contributed by atoms with Gasteiger partial charge in [-0.25, -0.2) is 0 Å². The molecule has 10 heavy (non-hydrogen) atoms. The maximum absolute atomic E-state index is 5.11. The molecule has 0 amide bonds. The Morgan fingerprint density at radius 1 is 1.60 bits per heavy atom. The predicted octanol–water partition coefficient (Wildman–Crippen LogP) is 1.83. The van der Waals surface area contributed by atoms with Crippen LogP contribution < -0.4 is 4.74 Å². The standard InChI is InChI=1S/C5H7BrN2OS/c1-2-9-5-8-7-4(3-6)10-5/h2-3H2,1H3. The van der Waals surface area contributed by atoms with Gasteiger partial charge in [0.25, 0.3) is 5.19 Å². The van der Waals surface area contributed by atoms with Crippen molar-refractivity contribution in [1.29, 1.82) is 0 Å². The summed E-state index contributed by atoms with van der Waals surface area (Å²) in [5.74, 6) is 0. The van der Waals surface area contributed by atoms with Crippen LogP contribution >= 0.6 is 27.3 Å². The molecule has 0 aliphatic carbocycles. The van der Waals surface area contributed by atoms with Gasteiger partial charge in [0.05, 0.1) is 11.9 Å². The Hall–Kier alpha value is -0.160. The first kappa shape index (κ1) is 7.94. The molecule has 0 saturated carbocycles. The fourth-order valence-corrected chi connectivity index (χ4v) is 1.53. The van der Waals surface area contributed by atoms with Crippen LogP contribution in [0.15, 0.2) is 0 Å². The van der Waals surface area contributed by atoms with E-state index in [1.165, 1.54) is 11.3 Å². The zero-order chi connectivity index (χ0) is 7.40. The minimum Gasteiger partial charge on any atom is -0.469 e. The number of ether oxygens (including phenoxy) is 1. The lowest BCUT2D eigenvalue weighted by Gasteiger charge is -1.91. The van der Waals surface area contributed by atoms with E-state index in [2.05, 4.69) is 26.1 Å². The smallest absolute Gasteiger partial charge is 0.294 e. The molecule has 0 atom stereocenters. The number of hydrogen-bond acceptors (Lipinski definition) is 4. The monoisotopic (exact) mass is 222 g/mol. The van der Waals surface area contributed by atoms with Crippen LogP contribution in [0.5, 0.6) is 5.19 Å². The van der Waals surface area contributed by atoms with Gasteiger partial charge in [0.15, 0.2) is 0 Å². The maximum atomic E-state index is 5.11. The summed E-state index contributed by atoms with van der Waals surface area (Å²) in [6, 6.07) is 0. The Balaban J connectivity index is 2.59. The molecule has 0 saturated heterocycles. The van der Waals surface area contributed by atoms with Gasteiger partial charge < -0.3 is 4.74 Å². The topological polar surface area (TPSA) is 35.0 Å². The van der Waals surface area contributed by atoms with E-state index < -0.39 is 0 Å². The Labute approximate surface area is 71.6 Å². The Morgan fingerprint density at radius 3 is 2.90 bits per heavy atom. The van der Waals surface area contributed by atoms with Crippen molar-refractivity contribution in [3.63, 3.8) is 0 Å². The number of halogens is 1. The Morgan fingerprint density at radius 2 is 2.40 bits per heavy atom. The van der Waals surface area contributed by atoms with Gasteiger partial charge in [-0.15, -0.1) is 10.2 Å². The molecule has 0 radical (unpaired) electrons. The minimum absolute atomic E-state index is 0.650. The first-order valence-corrected chi connectivity index (χ1v) is 4.81. The van der Waals surface area contributed by atoms with E-state index >= 15 is 0 Å². The van der Waals surface area contributed by atoms with Crippen LogP contribution in [0.3, 0.4) is 0 Å². The Bertz CT molecular complexity index is 203. The Kier molecular flexibility index (Phi) is 3.08. The van der Waals surface area contributed by atoms with E-state index in [0.29, 0.717) is 11.8 Å². The van der Waals surface area contributed by atoms with Crippen LogP contribution in [0.25, 0.3) is 0 Å². The van der Waals surface area contributed by atoms with E-state index in [0.717, 1.165) is 10.3 Å². The highest BCUT2D eigenvalue weighted by Gasteiger charge is 2.00. The van der Waals surface area contributed by atoms with Gasteiger partial charge >= 0.3 is 0 Å². The number of alkyl halides is 1. The minimum atomic E-state index is 0.650. The molecule has 0 N–H and O–H groups in total. The van der Waals surface area contributed by atoms with Crippen LogP contribution in [0.1, 0.15) is 11.9 Å². The van der Waals surface area contributed by atoms with E-state index in [-0.39, 0.29) is 0 Å². The van der Waals surface area contributed by atoms with Gasteiger partial charge in [-0.1, -0.05) is 27.3 Å². The number of nitrogens with zero attached hydrogens (tertiary/aromatic N) is 2. The largest absolute Gasteiger partial charge is 0.469 e. The summed E-state index contributed by atoms with van der Waals surface area (Å²) in [5, 5.41) is 9.99. The van der Waals surface area contributed by atoms with E-state index in [9.17, 15) is 0 Å². The first-order chi connectivity index (χ1) is 4.86. The van der Waals surface area contributed by atoms with Crippen molar-refractivity contribution in [2.75, 3.05) is 6.61 Å². The SMILES string of the molecule is CCOc1nnc(CBr)s1. The first-order valence-electron chi connectivity index (χ1n) is 2.88. The molecule has 5 heteroatoms. The molecule has 3 nitrogen and oxygen atoms in total. The number of hydrogen-bond donors (Lipinski definition) is 0. The highest BCUT2D eigenvalue weighted by atomic mass is 79.9. The van der Waals surface area contributed by atoms with Crippen molar-refractivity contribution >= 4 is 27.3 Å². The van der Waals surface area contributed by atoms with Crippen molar-refractivity contribution in [3.8, 4) is 5.19 Å². The van der Waals surface area contributed by atoms with Gasteiger partial charge in [-0.05, 0) is 6.92 Å². The summed E-state index contributed by atoms with van der Waals surface area (Å²) in [7, 11) is 0. The molecule has 0 aliphatic rings. The van der Waals surface area contributed by atoms with Gasteiger partial charge in [0, 0.05) is 0 Å². The predicted molar refractivity (Wildman–Crippen MR) is 43.7 cm³/mol. The second-order valence-electron chi connectivity index (χ2n) is 1.53. The van der Waals surface area contributed by atoms with Crippen LogP contribution in [0.4, 0.5) is 0 Å². The van der Waals surface area contributed by atoms with Crippen LogP contribution in [0.2, 0.25) is 0 Å². The lowest BCUT2D eigenvalue weighted by atomic mass is 10.9.